The summed E-state index contributed by atoms with van der Waals surface area (Å²) < 4.78 is 1.05. The maximum Gasteiger partial charge on any atom is 0.248 e. The van der Waals surface area contributed by atoms with Crippen LogP contribution >= 0.6 is 27.3 Å². The quantitative estimate of drug-likeness (QED) is 0.756. The molecule has 0 saturated heterocycles. The number of rotatable bonds is 3. The van der Waals surface area contributed by atoms with Crippen molar-refractivity contribution in [3.63, 3.8) is 0 Å². The fourth-order valence-corrected chi connectivity index (χ4v) is 3.04. The minimum absolute atomic E-state index is 0.421. The van der Waals surface area contributed by atoms with Crippen LogP contribution in [0.4, 0.5) is 0 Å². The first-order valence-corrected chi connectivity index (χ1v) is 7.92. The van der Waals surface area contributed by atoms with Crippen LogP contribution in [0.3, 0.4) is 0 Å². The highest BCUT2D eigenvalue weighted by Crippen LogP contribution is 2.29. The standard InChI is InChI=1S/C16H11BrN2OS/c17-13-7-5-12(6-8-13)16-19-14(9-21-16)10-1-3-11(4-2-10)15(18)20/h1-9H,(H2,18,20). The van der Waals surface area contributed by atoms with Crippen molar-refractivity contribution in [1.82, 2.24) is 4.98 Å². The molecular weight excluding hydrogens is 348 g/mol. The van der Waals surface area contributed by atoms with Gasteiger partial charge >= 0.3 is 0 Å². The molecular formula is C16H11BrN2OS. The molecule has 1 heterocycles. The summed E-state index contributed by atoms with van der Waals surface area (Å²) >= 11 is 5.02. The van der Waals surface area contributed by atoms with Crippen LogP contribution in [0.2, 0.25) is 0 Å². The molecule has 0 fully saturated rings. The third kappa shape index (κ3) is 3.04. The van der Waals surface area contributed by atoms with Crippen LogP contribution in [-0.4, -0.2) is 10.9 Å². The molecule has 0 aliphatic rings. The van der Waals surface area contributed by atoms with E-state index in [1.807, 2.05) is 41.8 Å². The SMILES string of the molecule is NC(=O)c1ccc(-c2csc(-c3ccc(Br)cc3)n2)cc1. The van der Waals surface area contributed by atoms with Gasteiger partial charge in [-0.2, -0.15) is 0 Å². The molecule has 2 N–H and O–H groups in total. The Balaban J connectivity index is 1.90. The number of halogens is 1. The molecule has 104 valence electrons. The number of benzene rings is 2. The normalized spacial score (nSPS) is 10.5. The molecule has 0 aliphatic heterocycles. The van der Waals surface area contributed by atoms with E-state index >= 15 is 0 Å². The highest BCUT2D eigenvalue weighted by Gasteiger charge is 2.07. The highest BCUT2D eigenvalue weighted by atomic mass is 79.9. The molecule has 0 aliphatic carbocycles. The Hall–Kier alpha value is -1.98. The number of primary amides is 1. The summed E-state index contributed by atoms with van der Waals surface area (Å²) in [5, 5.41) is 2.98. The maximum absolute atomic E-state index is 11.1. The maximum atomic E-state index is 11.1. The van der Waals surface area contributed by atoms with Crippen molar-refractivity contribution in [1.29, 1.82) is 0 Å². The summed E-state index contributed by atoms with van der Waals surface area (Å²) in [5.74, 6) is -0.421. The van der Waals surface area contributed by atoms with E-state index < -0.39 is 5.91 Å². The van der Waals surface area contributed by atoms with Crippen LogP contribution in [0.1, 0.15) is 10.4 Å². The smallest absolute Gasteiger partial charge is 0.248 e. The average molecular weight is 359 g/mol. The lowest BCUT2D eigenvalue weighted by Crippen LogP contribution is -2.10. The Morgan fingerprint density at radius 2 is 1.62 bits per heavy atom. The summed E-state index contributed by atoms with van der Waals surface area (Å²) in [6.45, 7) is 0. The molecule has 0 radical (unpaired) electrons. The Bertz CT molecular complexity index is 779. The largest absolute Gasteiger partial charge is 0.366 e. The number of thiazole rings is 1. The number of aromatic nitrogens is 1. The molecule has 0 bridgehead atoms. The first-order valence-electron chi connectivity index (χ1n) is 6.25. The van der Waals surface area contributed by atoms with E-state index in [1.165, 1.54) is 0 Å². The van der Waals surface area contributed by atoms with Gasteiger partial charge in [0.05, 0.1) is 5.69 Å². The van der Waals surface area contributed by atoms with E-state index in [0.29, 0.717) is 5.56 Å². The van der Waals surface area contributed by atoms with Crippen molar-refractivity contribution in [3.8, 4) is 21.8 Å². The van der Waals surface area contributed by atoms with Gasteiger partial charge < -0.3 is 5.73 Å². The zero-order valence-corrected chi connectivity index (χ0v) is 13.3. The van der Waals surface area contributed by atoms with E-state index in [-0.39, 0.29) is 0 Å². The molecule has 2 aromatic carbocycles. The minimum Gasteiger partial charge on any atom is -0.366 e. The fourth-order valence-electron chi connectivity index (χ4n) is 1.94. The van der Waals surface area contributed by atoms with Gasteiger partial charge in [0.2, 0.25) is 5.91 Å². The van der Waals surface area contributed by atoms with Gasteiger partial charge in [-0.25, -0.2) is 4.98 Å². The van der Waals surface area contributed by atoms with Crippen molar-refractivity contribution < 1.29 is 4.79 Å². The third-order valence-electron chi connectivity index (χ3n) is 3.06. The fraction of sp³-hybridized carbons (Fsp3) is 0. The molecule has 0 unspecified atom stereocenters. The van der Waals surface area contributed by atoms with E-state index in [4.69, 9.17) is 5.73 Å². The summed E-state index contributed by atoms with van der Waals surface area (Å²) in [7, 11) is 0. The highest BCUT2D eigenvalue weighted by molar-refractivity contribution is 9.10. The van der Waals surface area contributed by atoms with Crippen LogP contribution in [0, 0.1) is 0 Å². The van der Waals surface area contributed by atoms with Gasteiger partial charge in [0.1, 0.15) is 5.01 Å². The Morgan fingerprint density at radius 1 is 1.00 bits per heavy atom. The van der Waals surface area contributed by atoms with E-state index in [9.17, 15) is 4.79 Å². The van der Waals surface area contributed by atoms with Gasteiger partial charge in [0, 0.05) is 26.5 Å². The van der Waals surface area contributed by atoms with Crippen molar-refractivity contribution in [3.05, 3.63) is 63.9 Å². The number of amides is 1. The molecule has 1 aromatic heterocycles. The number of carbonyl (C=O) groups excluding carboxylic acids is 1. The monoisotopic (exact) mass is 358 g/mol. The lowest BCUT2D eigenvalue weighted by molar-refractivity contribution is 0.100. The van der Waals surface area contributed by atoms with Crippen LogP contribution in [0.5, 0.6) is 0 Å². The van der Waals surface area contributed by atoms with Gasteiger partial charge in [-0.3, -0.25) is 4.79 Å². The molecule has 3 aromatic rings. The second-order valence-electron chi connectivity index (χ2n) is 4.49. The number of carbonyl (C=O) groups is 1. The Morgan fingerprint density at radius 3 is 2.24 bits per heavy atom. The second-order valence-corrected chi connectivity index (χ2v) is 6.26. The van der Waals surface area contributed by atoms with Crippen molar-refractivity contribution >= 4 is 33.2 Å². The molecule has 0 spiro atoms. The average Bonchev–Trinajstić information content (AvgIpc) is 2.98. The summed E-state index contributed by atoms with van der Waals surface area (Å²) in [6.07, 6.45) is 0. The van der Waals surface area contributed by atoms with Crippen LogP contribution in [0.25, 0.3) is 21.8 Å². The number of nitrogens with two attached hydrogens (primary N) is 1. The Labute approximate surface area is 134 Å². The minimum atomic E-state index is -0.421. The zero-order valence-electron chi connectivity index (χ0n) is 10.9. The van der Waals surface area contributed by atoms with Crippen LogP contribution in [-0.2, 0) is 0 Å². The predicted octanol–water partition coefficient (Wildman–Crippen LogP) is 4.34. The Kier molecular flexibility index (Phi) is 3.86. The lowest BCUT2D eigenvalue weighted by atomic mass is 10.1. The second kappa shape index (κ2) is 5.79. The first-order chi connectivity index (χ1) is 10.1. The summed E-state index contributed by atoms with van der Waals surface area (Å²) in [4.78, 5) is 15.7. The molecule has 1 amide bonds. The third-order valence-corrected chi connectivity index (χ3v) is 4.48. The number of hydrogen-bond donors (Lipinski definition) is 1. The van der Waals surface area contributed by atoms with E-state index in [1.54, 1.807) is 23.5 Å². The first kappa shape index (κ1) is 14.0. The van der Waals surface area contributed by atoms with E-state index in [2.05, 4.69) is 20.9 Å². The van der Waals surface area contributed by atoms with Crippen molar-refractivity contribution in [2.75, 3.05) is 0 Å². The molecule has 21 heavy (non-hydrogen) atoms. The van der Waals surface area contributed by atoms with Crippen molar-refractivity contribution in [2.45, 2.75) is 0 Å². The van der Waals surface area contributed by atoms with Gasteiger partial charge in [-0.1, -0.05) is 40.2 Å². The topological polar surface area (TPSA) is 56.0 Å². The molecule has 3 nitrogen and oxygen atoms in total. The van der Waals surface area contributed by atoms with Gasteiger partial charge in [-0.05, 0) is 24.3 Å². The zero-order chi connectivity index (χ0) is 14.8. The summed E-state index contributed by atoms with van der Waals surface area (Å²) in [6, 6.07) is 15.2. The predicted molar refractivity (Wildman–Crippen MR) is 89.2 cm³/mol. The van der Waals surface area contributed by atoms with Crippen LogP contribution < -0.4 is 5.73 Å². The van der Waals surface area contributed by atoms with Crippen LogP contribution in [0.15, 0.2) is 58.4 Å². The van der Waals surface area contributed by atoms with Gasteiger partial charge in [-0.15, -0.1) is 11.3 Å². The molecule has 3 rings (SSSR count). The van der Waals surface area contributed by atoms with E-state index in [0.717, 1.165) is 26.3 Å². The van der Waals surface area contributed by atoms with Gasteiger partial charge in [0.15, 0.2) is 0 Å². The summed E-state index contributed by atoms with van der Waals surface area (Å²) in [5.41, 5.74) is 8.70. The number of hydrogen-bond acceptors (Lipinski definition) is 3. The van der Waals surface area contributed by atoms with Crippen molar-refractivity contribution in [2.24, 2.45) is 5.73 Å². The molecule has 0 saturated carbocycles. The lowest BCUT2D eigenvalue weighted by Gasteiger charge is -1.99. The molecule has 0 atom stereocenters. The molecule has 5 heteroatoms. The van der Waals surface area contributed by atoms with Gasteiger partial charge in [0.25, 0.3) is 0 Å². The number of nitrogens with zero attached hydrogens (tertiary/aromatic N) is 1.